The monoisotopic (exact) mass is 419 g/mol. The highest BCUT2D eigenvalue weighted by molar-refractivity contribution is 6.05. The minimum Gasteiger partial charge on any atom is -0.365 e. The molecule has 1 saturated heterocycles. The molecule has 1 unspecified atom stereocenters. The van der Waals surface area contributed by atoms with Crippen molar-refractivity contribution in [3.05, 3.63) is 46.9 Å². The third-order valence-corrected chi connectivity index (χ3v) is 5.76. The summed E-state index contributed by atoms with van der Waals surface area (Å²) in [6, 6.07) is 5.12. The van der Waals surface area contributed by atoms with Crippen molar-refractivity contribution in [2.45, 2.75) is 38.9 Å². The van der Waals surface area contributed by atoms with Gasteiger partial charge in [0.15, 0.2) is 5.65 Å². The third kappa shape index (κ3) is 3.29. The Kier molecular flexibility index (Phi) is 4.42. The zero-order valence-corrected chi connectivity index (χ0v) is 17.2. The minimum absolute atomic E-state index is 0.182. The lowest BCUT2D eigenvalue weighted by atomic mass is 10.0. The van der Waals surface area contributed by atoms with Gasteiger partial charge in [-0.2, -0.15) is 5.10 Å². The van der Waals surface area contributed by atoms with E-state index in [-0.39, 0.29) is 18.2 Å². The molecule has 5 rings (SSSR count). The summed E-state index contributed by atoms with van der Waals surface area (Å²) in [5.74, 6) is 0.453. The highest BCUT2D eigenvalue weighted by Gasteiger charge is 2.39. The topological polar surface area (TPSA) is 122 Å². The van der Waals surface area contributed by atoms with Crippen LogP contribution in [0.2, 0.25) is 0 Å². The molecule has 0 spiro atoms. The Morgan fingerprint density at radius 1 is 1.23 bits per heavy atom. The average molecular weight is 419 g/mol. The van der Waals surface area contributed by atoms with E-state index in [2.05, 4.69) is 25.7 Å². The third-order valence-electron chi connectivity index (χ3n) is 5.76. The fourth-order valence-corrected chi connectivity index (χ4v) is 4.16. The van der Waals surface area contributed by atoms with E-state index in [0.29, 0.717) is 36.7 Å². The van der Waals surface area contributed by atoms with Gasteiger partial charge in [-0.3, -0.25) is 24.4 Å². The quantitative estimate of drug-likeness (QED) is 0.606. The number of benzene rings is 1. The Bertz CT molecular complexity index is 1250. The largest absolute Gasteiger partial charge is 0.365 e. The summed E-state index contributed by atoms with van der Waals surface area (Å²) >= 11 is 0. The molecule has 2 N–H and O–H groups in total. The van der Waals surface area contributed by atoms with Crippen LogP contribution in [0.25, 0.3) is 11.0 Å². The number of imide groups is 1. The van der Waals surface area contributed by atoms with Gasteiger partial charge >= 0.3 is 0 Å². The van der Waals surface area contributed by atoms with Crippen molar-refractivity contribution in [3.63, 3.8) is 0 Å². The maximum absolute atomic E-state index is 13.0. The maximum Gasteiger partial charge on any atom is 0.255 e. The Morgan fingerprint density at radius 2 is 2.06 bits per heavy atom. The fourth-order valence-electron chi connectivity index (χ4n) is 4.16. The molecule has 2 aromatic heterocycles. The molecule has 0 radical (unpaired) electrons. The first-order valence-electron chi connectivity index (χ1n) is 10.1. The number of fused-ring (bicyclic) bond motifs is 2. The molecule has 10 nitrogen and oxygen atoms in total. The number of anilines is 1. The second-order valence-corrected chi connectivity index (χ2v) is 7.87. The number of amides is 3. The molecule has 31 heavy (non-hydrogen) atoms. The van der Waals surface area contributed by atoms with Gasteiger partial charge in [0.25, 0.3) is 5.91 Å². The first kappa shape index (κ1) is 19.2. The molecular formula is C21H21N7O3. The number of carbonyl (C=O) groups excluding carboxylic acids is 3. The van der Waals surface area contributed by atoms with Crippen LogP contribution in [-0.4, -0.2) is 48.4 Å². The molecular weight excluding hydrogens is 398 g/mol. The van der Waals surface area contributed by atoms with Crippen LogP contribution in [0.15, 0.2) is 24.4 Å². The summed E-state index contributed by atoms with van der Waals surface area (Å²) in [4.78, 5) is 47.0. The molecule has 1 fully saturated rings. The summed E-state index contributed by atoms with van der Waals surface area (Å²) < 4.78 is 1.70. The Balaban J connectivity index is 1.35. The van der Waals surface area contributed by atoms with Gasteiger partial charge < -0.3 is 10.2 Å². The van der Waals surface area contributed by atoms with Crippen molar-refractivity contribution >= 4 is 34.6 Å². The van der Waals surface area contributed by atoms with Crippen LogP contribution in [0.3, 0.4) is 0 Å². The van der Waals surface area contributed by atoms with E-state index in [0.717, 1.165) is 22.2 Å². The van der Waals surface area contributed by atoms with E-state index in [4.69, 9.17) is 0 Å². The minimum atomic E-state index is -0.609. The zero-order valence-electron chi connectivity index (χ0n) is 17.2. The zero-order chi connectivity index (χ0) is 21.7. The van der Waals surface area contributed by atoms with Crippen molar-refractivity contribution in [1.29, 1.82) is 0 Å². The molecule has 4 heterocycles. The van der Waals surface area contributed by atoms with Gasteiger partial charge in [-0.05, 0) is 30.5 Å². The predicted molar refractivity (Wildman–Crippen MR) is 111 cm³/mol. The van der Waals surface area contributed by atoms with E-state index in [1.165, 1.54) is 0 Å². The lowest BCUT2D eigenvalue weighted by Crippen LogP contribution is -2.52. The first-order chi connectivity index (χ1) is 14.9. The van der Waals surface area contributed by atoms with Gasteiger partial charge in [0.1, 0.15) is 17.7 Å². The van der Waals surface area contributed by atoms with Crippen LogP contribution < -0.4 is 10.6 Å². The van der Waals surface area contributed by atoms with E-state index < -0.39 is 11.9 Å². The molecule has 10 heteroatoms. The molecule has 1 atom stereocenters. The molecule has 1 aromatic carbocycles. The summed E-state index contributed by atoms with van der Waals surface area (Å²) in [7, 11) is 1.83. The van der Waals surface area contributed by atoms with E-state index >= 15 is 0 Å². The van der Waals surface area contributed by atoms with Crippen LogP contribution >= 0.6 is 0 Å². The highest BCUT2D eigenvalue weighted by Crippen LogP contribution is 2.28. The molecule has 3 aromatic rings. The van der Waals surface area contributed by atoms with Gasteiger partial charge in [-0.1, -0.05) is 12.1 Å². The standard InChI is InChI=1S/C21H21N7O3/c1-11-24-18(15-9-23-27(2)19(15)25-11)22-8-12-3-4-13-10-28(21(31)14(13)7-12)16-5-6-17(29)26-20(16)30/h3-4,7,9,16H,5-6,8,10H2,1-2H3,(H,22,24,25)(H,26,29,30). The number of aromatic nitrogens is 4. The number of hydrogen-bond acceptors (Lipinski definition) is 7. The summed E-state index contributed by atoms with van der Waals surface area (Å²) in [5, 5.41) is 10.7. The number of aryl methyl sites for hydroxylation is 2. The van der Waals surface area contributed by atoms with Crippen LogP contribution in [0, 0.1) is 6.92 Å². The van der Waals surface area contributed by atoms with Crippen molar-refractivity contribution < 1.29 is 14.4 Å². The highest BCUT2D eigenvalue weighted by atomic mass is 16.2. The van der Waals surface area contributed by atoms with Gasteiger partial charge in [0.05, 0.1) is 11.6 Å². The van der Waals surface area contributed by atoms with Gasteiger partial charge in [0.2, 0.25) is 11.8 Å². The van der Waals surface area contributed by atoms with E-state index in [1.54, 1.807) is 15.8 Å². The normalized spacial score (nSPS) is 18.5. The van der Waals surface area contributed by atoms with Crippen LogP contribution in [-0.2, 0) is 29.7 Å². The lowest BCUT2D eigenvalue weighted by Gasteiger charge is -2.29. The predicted octanol–water partition coefficient (Wildman–Crippen LogP) is 1.04. The van der Waals surface area contributed by atoms with E-state index in [1.807, 2.05) is 32.2 Å². The van der Waals surface area contributed by atoms with Crippen LogP contribution in [0.5, 0.6) is 0 Å². The first-order valence-corrected chi connectivity index (χ1v) is 10.1. The second kappa shape index (κ2) is 7.15. The SMILES string of the molecule is Cc1nc(NCc2ccc3c(c2)C(=O)N(C2CCC(=O)NC2=O)C3)c2cnn(C)c2n1. The molecule has 0 bridgehead atoms. The Morgan fingerprint density at radius 3 is 2.87 bits per heavy atom. The Labute approximate surface area is 177 Å². The van der Waals surface area contributed by atoms with Crippen molar-refractivity contribution in [2.24, 2.45) is 7.05 Å². The van der Waals surface area contributed by atoms with Crippen molar-refractivity contribution in [1.82, 2.24) is 30.0 Å². The second-order valence-electron chi connectivity index (χ2n) is 7.87. The Hall–Kier alpha value is -3.82. The molecule has 3 amide bonds. The summed E-state index contributed by atoms with van der Waals surface area (Å²) in [6.07, 6.45) is 2.32. The average Bonchev–Trinajstić information content (AvgIpc) is 3.26. The molecule has 2 aliphatic rings. The van der Waals surface area contributed by atoms with Crippen molar-refractivity contribution in [2.75, 3.05) is 5.32 Å². The van der Waals surface area contributed by atoms with Gasteiger partial charge in [-0.15, -0.1) is 0 Å². The number of nitrogens with one attached hydrogen (secondary N) is 2. The van der Waals surface area contributed by atoms with Crippen LogP contribution in [0.4, 0.5) is 5.82 Å². The molecule has 2 aliphatic heterocycles. The number of hydrogen-bond donors (Lipinski definition) is 2. The summed E-state index contributed by atoms with van der Waals surface area (Å²) in [6.45, 7) is 2.67. The number of piperidine rings is 1. The fraction of sp³-hybridized carbons (Fsp3) is 0.333. The molecule has 0 saturated carbocycles. The van der Waals surface area contributed by atoms with E-state index in [9.17, 15) is 14.4 Å². The number of rotatable bonds is 4. The lowest BCUT2D eigenvalue weighted by molar-refractivity contribution is -0.136. The number of carbonyl (C=O) groups is 3. The maximum atomic E-state index is 13.0. The number of nitrogens with zero attached hydrogens (tertiary/aromatic N) is 5. The summed E-state index contributed by atoms with van der Waals surface area (Å²) in [5.41, 5.74) is 3.14. The smallest absolute Gasteiger partial charge is 0.255 e. The van der Waals surface area contributed by atoms with Gasteiger partial charge in [0, 0.05) is 32.1 Å². The van der Waals surface area contributed by atoms with Gasteiger partial charge in [-0.25, -0.2) is 9.97 Å². The van der Waals surface area contributed by atoms with Crippen LogP contribution in [0.1, 0.15) is 40.2 Å². The molecule has 158 valence electrons. The van der Waals surface area contributed by atoms with Crippen molar-refractivity contribution in [3.8, 4) is 0 Å². The molecule has 0 aliphatic carbocycles.